The molecule has 3 rings (SSSR count). The number of nitrogens with zero attached hydrogens (tertiary/aromatic N) is 1. The molecular weight excluding hydrogens is 248 g/mol. The van der Waals surface area contributed by atoms with E-state index in [0.29, 0.717) is 11.9 Å². The summed E-state index contributed by atoms with van der Waals surface area (Å²) in [7, 11) is 0. The fourth-order valence-corrected chi connectivity index (χ4v) is 3.68. The van der Waals surface area contributed by atoms with Gasteiger partial charge < -0.3 is 10.2 Å². The van der Waals surface area contributed by atoms with Crippen molar-refractivity contribution in [1.82, 2.24) is 10.2 Å². The molecule has 0 saturated carbocycles. The zero-order chi connectivity index (χ0) is 13.9. The van der Waals surface area contributed by atoms with Crippen molar-refractivity contribution in [3.8, 4) is 0 Å². The monoisotopic (exact) mass is 272 g/mol. The molecule has 0 aromatic heterocycles. The van der Waals surface area contributed by atoms with Crippen molar-refractivity contribution < 1.29 is 4.79 Å². The van der Waals surface area contributed by atoms with Gasteiger partial charge in [-0.1, -0.05) is 24.3 Å². The summed E-state index contributed by atoms with van der Waals surface area (Å²) < 4.78 is 0. The van der Waals surface area contributed by atoms with Crippen molar-refractivity contribution in [1.29, 1.82) is 0 Å². The fourth-order valence-electron chi connectivity index (χ4n) is 3.68. The van der Waals surface area contributed by atoms with Gasteiger partial charge in [0.05, 0.1) is 0 Å². The smallest absolute Gasteiger partial charge is 0.226 e. The lowest BCUT2D eigenvalue weighted by Crippen LogP contribution is -2.48. The van der Waals surface area contributed by atoms with E-state index in [1.807, 2.05) is 0 Å². The van der Waals surface area contributed by atoms with Crippen molar-refractivity contribution in [2.45, 2.75) is 38.6 Å². The van der Waals surface area contributed by atoms with Gasteiger partial charge >= 0.3 is 0 Å². The molecule has 0 radical (unpaired) electrons. The lowest BCUT2D eigenvalue weighted by atomic mass is 9.99. The molecule has 1 heterocycles. The van der Waals surface area contributed by atoms with Crippen LogP contribution in [0.3, 0.4) is 0 Å². The third-order valence-corrected chi connectivity index (χ3v) is 4.77. The molecule has 3 nitrogen and oxygen atoms in total. The SMILES string of the molecule is CCN(C(=O)C1Cc2ccccc2C1)C1CCNCC1. The number of piperidine rings is 1. The summed E-state index contributed by atoms with van der Waals surface area (Å²) in [6.45, 7) is 5.04. The van der Waals surface area contributed by atoms with Crippen LogP contribution in [0, 0.1) is 5.92 Å². The van der Waals surface area contributed by atoms with Gasteiger partial charge in [-0.3, -0.25) is 4.79 Å². The molecule has 1 amide bonds. The Labute approximate surface area is 121 Å². The molecule has 2 aliphatic rings. The number of amides is 1. The van der Waals surface area contributed by atoms with Gasteiger partial charge in [0.15, 0.2) is 0 Å². The molecular formula is C17H24N2O. The summed E-state index contributed by atoms with van der Waals surface area (Å²) in [6.07, 6.45) is 4.05. The average molecular weight is 272 g/mol. The Bertz CT molecular complexity index is 455. The second kappa shape index (κ2) is 5.96. The van der Waals surface area contributed by atoms with Crippen LogP contribution in [0.2, 0.25) is 0 Å². The first-order valence-corrected chi connectivity index (χ1v) is 7.87. The number of nitrogens with one attached hydrogen (secondary N) is 1. The maximum absolute atomic E-state index is 12.8. The number of hydrogen-bond acceptors (Lipinski definition) is 2. The Hall–Kier alpha value is -1.35. The van der Waals surface area contributed by atoms with Crippen LogP contribution in [0.15, 0.2) is 24.3 Å². The Balaban J connectivity index is 1.69. The molecule has 0 bridgehead atoms. The quantitative estimate of drug-likeness (QED) is 0.913. The van der Waals surface area contributed by atoms with Crippen LogP contribution in [0.4, 0.5) is 0 Å². The Kier molecular flexibility index (Phi) is 4.06. The zero-order valence-electron chi connectivity index (χ0n) is 12.3. The van der Waals surface area contributed by atoms with Crippen LogP contribution in [-0.4, -0.2) is 36.5 Å². The summed E-state index contributed by atoms with van der Waals surface area (Å²) >= 11 is 0. The van der Waals surface area contributed by atoms with Crippen LogP contribution in [0.5, 0.6) is 0 Å². The van der Waals surface area contributed by atoms with Crippen molar-refractivity contribution in [2.75, 3.05) is 19.6 Å². The minimum absolute atomic E-state index is 0.169. The largest absolute Gasteiger partial charge is 0.340 e. The lowest BCUT2D eigenvalue weighted by Gasteiger charge is -2.35. The average Bonchev–Trinajstić information content (AvgIpc) is 2.93. The first-order chi connectivity index (χ1) is 9.79. The predicted octanol–water partition coefficient (Wildman–Crippen LogP) is 2.00. The van der Waals surface area contributed by atoms with E-state index >= 15 is 0 Å². The maximum Gasteiger partial charge on any atom is 0.226 e. The summed E-state index contributed by atoms with van der Waals surface area (Å²) in [5, 5.41) is 3.38. The number of rotatable bonds is 3. The van der Waals surface area contributed by atoms with E-state index in [-0.39, 0.29) is 5.92 Å². The second-order valence-corrected chi connectivity index (χ2v) is 5.98. The van der Waals surface area contributed by atoms with Crippen LogP contribution < -0.4 is 5.32 Å². The lowest BCUT2D eigenvalue weighted by molar-refractivity contribution is -0.137. The molecule has 1 aromatic carbocycles. The van der Waals surface area contributed by atoms with E-state index < -0.39 is 0 Å². The molecule has 1 aliphatic heterocycles. The maximum atomic E-state index is 12.8. The molecule has 3 heteroatoms. The third-order valence-electron chi connectivity index (χ3n) is 4.77. The third kappa shape index (κ3) is 2.59. The van der Waals surface area contributed by atoms with Crippen molar-refractivity contribution in [3.05, 3.63) is 35.4 Å². The van der Waals surface area contributed by atoms with Gasteiger partial charge in [-0.25, -0.2) is 0 Å². The fraction of sp³-hybridized carbons (Fsp3) is 0.588. The summed E-state index contributed by atoms with van der Waals surface area (Å²) in [5.41, 5.74) is 2.74. The number of carbonyl (C=O) groups is 1. The van der Waals surface area contributed by atoms with Crippen molar-refractivity contribution >= 4 is 5.91 Å². The zero-order valence-corrected chi connectivity index (χ0v) is 12.3. The normalized spacial score (nSPS) is 19.9. The minimum atomic E-state index is 0.169. The Morgan fingerprint density at radius 3 is 2.35 bits per heavy atom. The van der Waals surface area contributed by atoms with Gasteiger partial charge in [0.25, 0.3) is 0 Å². The molecule has 0 unspecified atom stereocenters. The van der Waals surface area contributed by atoms with Crippen molar-refractivity contribution in [3.63, 3.8) is 0 Å². The second-order valence-electron chi connectivity index (χ2n) is 5.98. The summed E-state index contributed by atoms with van der Waals surface area (Å²) in [5.74, 6) is 0.540. The molecule has 108 valence electrons. The Morgan fingerprint density at radius 1 is 1.20 bits per heavy atom. The van der Waals surface area contributed by atoms with Crippen molar-refractivity contribution in [2.24, 2.45) is 5.92 Å². The van der Waals surface area contributed by atoms with E-state index in [2.05, 4.69) is 41.4 Å². The first kappa shape index (κ1) is 13.6. The van der Waals surface area contributed by atoms with Crippen LogP contribution >= 0.6 is 0 Å². The summed E-state index contributed by atoms with van der Waals surface area (Å²) in [4.78, 5) is 15.0. The number of carbonyl (C=O) groups excluding carboxylic acids is 1. The summed E-state index contributed by atoms with van der Waals surface area (Å²) in [6, 6.07) is 8.94. The molecule has 0 atom stereocenters. The van der Waals surface area contributed by atoms with Gasteiger partial charge in [0.2, 0.25) is 5.91 Å². The molecule has 1 fully saturated rings. The van der Waals surface area contributed by atoms with Crippen LogP contribution in [-0.2, 0) is 17.6 Å². The van der Waals surface area contributed by atoms with E-state index in [9.17, 15) is 4.79 Å². The van der Waals surface area contributed by atoms with Gasteiger partial charge in [-0.15, -0.1) is 0 Å². The number of benzene rings is 1. The molecule has 20 heavy (non-hydrogen) atoms. The highest BCUT2D eigenvalue weighted by Crippen LogP contribution is 2.29. The van der Waals surface area contributed by atoms with Gasteiger partial charge in [0.1, 0.15) is 0 Å². The van der Waals surface area contributed by atoms with Crippen LogP contribution in [0.1, 0.15) is 30.9 Å². The van der Waals surface area contributed by atoms with Gasteiger partial charge in [0, 0.05) is 18.5 Å². The molecule has 1 saturated heterocycles. The van der Waals surface area contributed by atoms with E-state index in [0.717, 1.165) is 45.3 Å². The highest BCUT2D eigenvalue weighted by Gasteiger charge is 2.33. The standard InChI is InChI=1S/C17H24N2O/c1-2-19(16-7-9-18-10-8-16)17(20)15-11-13-5-3-4-6-14(13)12-15/h3-6,15-16,18H,2,7-12H2,1H3. The van der Waals surface area contributed by atoms with Gasteiger partial charge in [-0.2, -0.15) is 0 Å². The van der Waals surface area contributed by atoms with E-state index in [4.69, 9.17) is 0 Å². The molecule has 1 aromatic rings. The highest BCUT2D eigenvalue weighted by molar-refractivity contribution is 5.80. The highest BCUT2D eigenvalue weighted by atomic mass is 16.2. The molecule has 1 aliphatic carbocycles. The number of hydrogen-bond donors (Lipinski definition) is 1. The Morgan fingerprint density at radius 2 is 1.80 bits per heavy atom. The van der Waals surface area contributed by atoms with Gasteiger partial charge in [-0.05, 0) is 56.8 Å². The first-order valence-electron chi connectivity index (χ1n) is 7.87. The topological polar surface area (TPSA) is 32.3 Å². The predicted molar refractivity (Wildman–Crippen MR) is 80.6 cm³/mol. The number of fused-ring (bicyclic) bond motifs is 1. The van der Waals surface area contributed by atoms with E-state index in [1.54, 1.807) is 0 Å². The van der Waals surface area contributed by atoms with E-state index in [1.165, 1.54) is 11.1 Å². The molecule has 0 spiro atoms. The molecule has 1 N–H and O–H groups in total. The van der Waals surface area contributed by atoms with Crippen LogP contribution in [0.25, 0.3) is 0 Å². The minimum Gasteiger partial charge on any atom is -0.340 e.